The van der Waals surface area contributed by atoms with Gasteiger partial charge in [0.25, 0.3) is 0 Å². The van der Waals surface area contributed by atoms with Gasteiger partial charge in [0.2, 0.25) is 10.0 Å². The van der Waals surface area contributed by atoms with Gasteiger partial charge < -0.3 is 5.32 Å². The number of para-hydroxylation sites is 2. The average Bonchev–Trinajstić information content (AvgIpc) is 2.02. The molecule has 0 unspecified atom stereocenters. The summed E-state index contributed by atoms with van der Waals surface area (Å²) in [7, 11) is -1.46. The molecule has 0 saturated heterocycles. The van der Waals surface area contributed by atoms with Crippen LogP contribution >= 0.6 is 0 Å². The Balaban J connectivity index is 3.01. The molecule has 5 heteroatoms. The zero-order valence-electron chi connectivity index (χ0n) is 7.53. The Labute approximate surface area is 78.0 Å². The Morgan fingerprint density at radius 2 is 1.69 bits per heavy atom. The summed E-state index contributed by atoms with van der Waals surface area (Å²) < 4.78 is 24.3. The first-order chi connectivity index (χ1) is 6.03. The zero-order chi connectivity index (χ0) is 9.90. The summed E-state index contributed by atoms with van der Waals surface area (Å²) >= 11 is 0. The lowest BCUT2D eigenvalue weighted by atomic mass is 10.3. The lowest BCUT2D eigenvalue weighted by Gasteiger charge is -2.08. The summed E-state index contributed by atoms with van der Waals surface area (Å²) in [5, 5.41) is 2.89. The fraction of sp³-hybridized carbons (Fsp3) is 0.250. The van der Waals surface area contributed by atoms with Gasteiger partial charge in [-0.1, -0.05) is 12.1 Å². The molecule has 0 aliphatic carbocycles. The van der Waals surface area contributed by atoms with Crippen LogP contribution < -0.4 is 10.0 Å². The first kappa shape index (κ1) is 9.85. The summed E-state index contributed by atoms with van der Waals surface area (Å²) in [4.78, 5) is 0. The van der Waals surface area contributed by atoms with Crippen molar-refractivity contribution in [2.24, 2.45) is 0 Å². The number of nitrogens with one attached hydrogen (secondary N) is 2. The van der Waals surface area contributed by atoms with Crippen LogP contribution in [0.1, 0.15) is 0 Å². The lowest BCUT2D eigenvalue weighted by molar-refractivity contribution is 0.607. The van der Waals surface area contributed by atoms with Crippen molar-refractivity contribution in [3.8, 4) is 0 Å². The van der Waals surface area contributed by atoms with Crippen molar-refractivity contribution in [2.45, 2.75) is 0 Å². The van der Waals surface area contributed by atoms with Crippen molar-refractivity contribution in [3.05, 3.63) is 24.3 Å². The van der Waals surface area contributed by atoms with Gasteiger partial charge in [-0.15, -0.1) is 0 Å². The van der Waals surface area contributed by atoms with Gasteiger partial charge in [-0.05, 0) is 12.1 Å². The third kappa shape index (κ3) is 2.95. The van der Waals surface area contributed by atoms with Crippen LogP contribution in [0.15, 0.2) is 24.3 Å². The second kappa shape index (κ2) is 3.66. The van der Waals surface area contributed by atoms with Crippen molar-refractivity contribution < 1.29 is 8.42 Å². The van der Waals surface area contributed by atoms with Crippen LogP contribution in [0.25, 0.3) is 0 Å². The van der Waals surface area contributed by atoms with E-state index in [1.54, 1.807) is 25.2 Å². The molecule has 0 aromatic heterocycles. The summed E-state index contributed by atoms with van der Waals surface area (Å²) in [5.74, 6) is 0. The molecule has 72 valence electrons. The minimum Gasteiger partial charge on any atom is -0.386 e. The van der Waals surface area contributed by atoms with Gasteiger partial charge in [0, 0.05) is 7.05 Å². The third-order valence-electron chi connectivity index (χ3n) is 1.49. The SMILES string of the molecule is CNc1ccccc1NS(C)(=O)=O. The van der Waals surface area contributed by atoms with Crippen molar-refractivity contribution in [1.82, 2.24) is 0 Å². The van der Waals surface area contributed by atoms with E-state index in [0.29, 0.717) is 5.69 Å². The van der Waals surface area contributed by atoms with Gasteiger partial charge in [-0.2, -0.15) is 0 Å². The molecule has 1 aromatic rings. The van der Waals surface area contributed by atoms with Gasteiger partial charge >= 0.3 is 0 Å². The summed E-state index contributed by atoms with van der Waals surface area (Å²) in [5.41, 5.74) is 1.32. The second-order valence-electron chi connectivity index (χ2n) is 2.67. The zero-order valence-corrected chi connectivity index (χ0v) is 8.35. The highest BCUT2D eigenvalue weighted by Crippen LogP contribution is 2.20. The first-order valence-corrected chi connectivity index (χ1v) is 5.66. The molecule has 0 heterocycles. The molecule has 0 radical (unpaired) electrons. The summed E-state index contributed by atoms with van der Waals surface area (Å²) in [6.07, 6.45) is 1.12. The van der Waals surface area contributed by atoms with Gasteiger partial charge in [0.1, 0.15) is 0 Å². The molecule has 0 saturated carbocycles. The average molecular weight is 200 g/mol. The van der Waals surface area contributed by atoms with E-state index < -0.39 is 10.0 Å². The monoisotopic (exact) mass is 200 g/mol. The Kier molecular flexibility index (Phi) is 2.77. The van der Waals surface area contributed by atoms with Crippen LogP contribution in [0.3, 0.4) is 0 Å². The number of hydrogen-bond donors (Lipinski definition) is 2. The maximum atomic E-state index is 10.9. The Morgan fingerprint density at radius 1 is 1.15 bits per heavy atom. The van der Waals surface area contributed by atoms with Gasteiger partial charge in [0.05, 0.1) is 17.6 Å². The highest BCUT2D eigenvalue weighted by Gasteiger charge is 2.04. The van der Waals surface area contributed by atoms with Crippen molar-refractivity contribution >= 4 is 21.4 Å². The maximum absolute atomic E-state index is 10.9. The van der Waals surface area contributed by atoms with Crippen LogP contribution in [0.2, 0.25) is 0 Å². The lowest BCUT2D eigenvalue weighted by Crippen LogP contribution is -2.10. The molecule has 13 heavy (non-hydrogen) atoms. The number of rotatable bonds is 3. The number of benzene rings is 1. The van der Waals surface area contributed by atoms with E-state index in [2.05, 4.69) is 10.0 Å². The molecule has 1 rings (SSSR count). The molecule has 0 aliphatic heterocycles. The van der Waals surface area contributed by atoms with Gasteiger partial charge in [0.15, 0.2) is 0 Å². The molecule has 0 bridgehead atoms. The van der Waals surface area contributed by atoms with E-state index in [-0.39, 0.29) is 0 Å². The second-order valence-corrected chi connectivity index (χ2v) is 4.42. The number of hydrogen-bond acceptors (Lipinski definition) is 3. The predicted molar refractivity (Wildman–Crippen MR) is 54.5 cm³/mol. The molecule has 0 aliphatic rings. The van der Waals surface area contributed by atoms with Crippen molar-refractivity contribution in [3.63, 3.8) is 0 Å². The molecule has 0 spiro atoms. The molecule has 0 amide bonds. The predicted octanol–water partition coefficient (Wildman–Crippen LogP) is 1.10. The van der Waals surface area contributed by atoms with E-state index in [0.717, 1.165) is 11.9 Å². The first-order valence-electron chi connectivity index (χ1n) is 3.77. The molecular formula is C8H12N2O2S. The minimum absolute atomic E-state index is 0.563. The molecule has 0 atom stereocenters. The Hall–Kier alpha value is -1.23. The van der Waals surface area contributed by atoms with E-state index in [9.17, 15) is 8.42 Å². The molecule has 1 aromatic carbocycles. The molecule has 2 N–H and O–H groups in total. The maximum Gasteiger partial charge on any atom is 0.229 e. The van der Waals surface area contributed by atoms with Crippen LogP contribution in [0, 0.1) is 0 Å². The fourth-order valence-electron chi connectivity index (χ4n) is 0.990. The highest BCUT2D eigenvalue weighted by molar-refractivity contribution is 7.92. The molecule has 0 fully saturated rings. The standard InChI is InChI=1S/C8H12N2O2S/c1-9-7-5-3-4-6-8(7)10-13(2,11)12/h3-6,9-10H,1-2H3. The van der Waals surface area contributed by atoms with Gasteiger partial charge in [-0.3, -0.25) is 4.72 Å². The van der Waals surface area contributed by atoms with Crippen molar-refractivity contribution in [1.29, 1.82) is 0 Å². The smallest absolute Gasteiger partial charge is 0.229 e. The van der Waals surface area contributed by atoms with Gasteiger partial charge in [-0.25, -0.2) is 8.42 Å². The van der Waals surface area contributed by atoms with E-state index in [1.165, 1.54) is 0 Å². The van der Waals surface area contributed by atoms with Crippen molar-refractivity contribution in [2.75, 3.05) is 23.3 Å². The van der Waals surface area contributed by atoms with Crippen LogP contribution in [0.4, 0.5) is 11.4 Å². The highest BCUT2D eigenvalue weighted by atomic mass is 32.2. The minimum atomic E-state index is -3.20. The van der Waals surface area contributed by atoms with E-state index in [1.807, 2.05) is 6.07 Å². The topological polar surface area (TPSA) is 58.2 Å². The van der Waals surface area contributed by atoms with E-state index >= 15 is 0 Å². The normalized spacial score (nSPS) is 10.9. The van der Waals surface area contributed by atoms with Crippen LogP contribution in [0.5, 0.6) is 0 Å². The van der Waals surface area contributed by atoms with Crippen LogP contribution in [-0.2, 0) is 10.0 Å². The summed E-state index contributed by atoms with van der Waals surface area (Å²) in [6, 6.07) is 7.11. The molecule has 4 nitrogen and oxygen atoms in total. The van der Waals surface area contributed by atoms with E-state index in [4.69, 9.17) is 0 Å². The Bertz CT molecular complexity index is 387. The Morgan fingerprint density at radius 3 is 2.15 bits per heavy atom. The molecular weight excluding hydrogens is 188 g/mol. The third-order valence-corrected chi connectivity index (χ3v) is 2.08. The number of anilines is 2. The quantitative estimate of drug-likeness (QED) is 0.768. The largest absolute Gasteiger partial charge is 0.386 e. The summed E-state index contributed by atoms with van der Waals surface area (Å²) in [6.45, 7) is 0. The number of sulfonamides is 1. The fourth-order valence-corrected chi connectivity index (χ4v) is 1.57. The van der Waals surface area contributed by atoms with Crippen LogP contribution in [-0.4, -0.2) is 21.7 Å².